The Hall–Kier alpha value is -0.750. The predicted molar refractivity (Wildman–Crippen MR) is 43.6 cm³/mol. The van der Waals surface area contributed by atoms with Gasteiger partial charge in [0.2, 0.25) is 5.91 Å². The van der Waals surface area contributed by atoms with Gasteiger partial charge < -0.3 is 15.7 Å². The summed E-state index contributed by atoms with van der Waals surface area (Å²) in [6.07, 6.45) is -4.19. The van der Waals surface area contributed by atoms with Crippen molar-refractivity contribution in [2.75, 3.05) is 20.1 Å². The average Bonchev–Trinajstić information content (AvgIpc) is 2.11. The van der Waals surface area contributed by atoms with Crippen LogP contribution in [-0.4, -0.2) is 43.7 Å². The molecule has 13 heavy (non-hydrogen) atoms. The number of carbonyl (C=O) groups excluding carboxylic acids is 1. The van der Waals surface area contributed by atoms with Gasteiger partial charge in [0.15, 0.2) is 0 Å². The Balaban J connectivity index is 3.30. The molecule has 0 bridgehead atoms. The van der Waals surface area contributed by atoms with E-state index in [1.807, 2.05) is 0 Å². The van der Waals surface area contributed by atoms with Crippen molar-refractivity contribution in [1.82, 2.24) is 10.6 Å². The second-order valence-electron chi connectivity index (χ2n) is 2.53. The summed E-state index contributed by atoms with van der Waals surface area (Å²) in [5.41, 5.74) is 0. The van der Waals surface area contributed by atoms with Gasteiger partial charge in [0.05, 0.1) is 0 Å². The van der Waals surface area contributed by atoms with Gasteiger partial charge in [0, 0.05) is 26.6 Å². The lowest BCUT2D eigenvalue weighted by molar-refractivity contribution is -0.120. The van der Waals surface area contributed by atoms with Crippen LogP contribution in [0.4, 0.5) is 8.78 Å². The Morgan fingerprint density at radius 3 is 2.62 bits per heavy atom. The monoisotopic (exact) mass is 196 g/mol. The van der Waals surface area contributed by atoms with Gasteiger partial charge in [-0.15, -0.1) is 0 Å². The van der Waals surface area contributed by atoms with Crippen molar-refractivity contribution in [3.8, 4) is 0 Å². The second kappa shape index (κ2) is 6.73. The van der Waals surface area contributed by atoms with Crippen molar-refractivity contribution in [2.24, 2.45) is 0 Å². The molecule has 0 aromatic heterocycles. The minimum absolute atomic E-state index is 0.168. The van der Waals surface area contributed by atoms with E-state index in [0.29, 0.717) is 0 Å². The van der Waals surface area contributed by atoms with E-state index in [2.05, 4.69) is 10.6 Å². The first-order valence-electron chi connectivity index (χ1n) is 3.95. The third-order valence-corrected chi connectivity index (χ3v) is 1.45. The maximum Gasteiger partial charge on any atom is 0.265 e. The highest BCUT2D eigenvalue weighted by molar-refractivity contribution is 5.75. The van der Waals surface area contributed by atoms with Gasteiger partial charge in [-0.25, -0.2) is 8.78 Å². The summed E-state index contributed by atoms with van der Waals surface area (Å²) in [6, 6.07) is 0. The van der Waals surface area contributed by atoms with Crippen LogP contribution in [0.1, 0.15) is 6.42 Å². The maximum atomic E-state index is 11.7. The molecular weight excluding hydrogens is 182 g/mol. The molecule has 0 radical (unpaired) electrons. The first-order valence-corrected chi connectivity index (χ1v) is 3.95. The van der Waals surface area contributed by atoms with Crippen molar-refractivity contribution < 1.29 is 18.7 Å². The van der Waals surface area contributed by atoms with E-state index >= 15 is 0 Å². The fourth-order valence-corrected chi connectivity index (χ4v) is 0.666. The van der Waals surface area contributed by atoms with Gasteiger partial charge in [0.25, 0.3) is 6.43 Å². The van der Waals surface area contributed by atoms with Crippen molar-refractivity contribution in [3.05, 3.63) is 0 Å². The molecule has 78 valence electrons. The molecule has 0 fully saturated rings. The number of nitrogens with one attached hydrogen (secondary N) is 2. The Labute approximate surface area is 75.3 Å². The number of aliphatic hydroxyl groups excluding tert-OH is 1. The number of hydrogen-bond acceptors (Lipinski definition) is 3. The van der Waals surface area contributed by atoms with E-state index in [0.717, 1.165) is 0 Å². The molecule has 4 nitrogen and oxygen atoms in total. The van der Waals surface area contributed by atoms with Crippen LogP contribution in [0, 0.1) is 0 Å². The molecule has 0 heterocycles. The van der Waals surface area contributed by atoms with Crippen LogP contribution >= 0.6 is 0 Å². The molecule has 1 unspecified atom stereocenters. The third kappa shape index (κ3) is 6.41. The van der Waals surface area contributed by atoms with E-state index in [1.54, 1.807) is 0 Å². The Kier molecular flexibility index (Phi) is 6.34. The Morgan fingerprint density at radius 1 is 1.54 bits per heavy atom. The van der Waals surface area contributed by atoms with Crippen molar-refractivity contribution in [2.45, 2.75) is 19.0 Å². The van der Waals surface area contributed by atoms with E-state index in [1.165, 1.54) is 7.05 Å². The lowest BCUT2D eigenvalue weighted by Crippen LogP contribution is -2.34. The summed E-state index contributed by atoms with van der Waals surface area (Å²) in [5.74, 6) is -0.168. The highest BCUT2D eigenvalue weighted by Crippen LogP contribution is 1.98. The number of amides is 1. The number of alkyl halides is 2. The number of carbonyl (C=O) groups is 1. The van der Waals surface area contributed by atoms with Crippen LogP contribution in [-0.2, 0) is 4.79 Å². The molecule has 0 saturated heterocycles. The van der Waals surface area contributed by atoms with Crippen LogP contribution in [0.3, 0.4) is 0 Å². The Bertz CT molecular complexity index is 155. The number of hydrogen-bond donors (Lipinski definition) is 3. The van der Waals surface area contributed by atoms with Gasteiger partial charge in [0.1, 0.15) is 6.10 Å². The van der Waals surface area contributed by atoms with E-state index < -0.39 is 12.5 Å². The van der Waals surface area contributed by atoms with Gasteiger partial charge in [-0.3, -0.25) is 4.79 Å². The molecule has 0 aliphatic carbocycles. The predicted octanol–water partition coefficient (Wildman–Crippen LogP) is -0.662. The van der Waals surface area contributed by atoms with E-state index in [4.69, 9.17) is 5.11 Å². The summed E-state index contributed by atoms with van der Waals surface area (Å²) in [4.78, 5) is 10.6. The fraction of sp³-hybridized carbons (Fsp3) is 0.857. The summed E-state index contributed by atoms with van der Waals surface area (Å²) < 4.78 is 23.4. The molecule has 3 N–H and O–H groups in total. The van der Waals surface area contributed by atoms with Gasteiger partial charge >= 0.3 is 0 Å². The molecule has 1 atom stereocenters. The number of halogens is 2. The van der Waals surface area contributed by atoms with Gasteiger partial charge in [-0.1, -0.05) is 0 Å². The topological polar surface area (TPSA) is 61.4 Å². The second-order valence-corrected chi connectivity index (χ2v) is 2.53. The van der Waals surface area contributed by atoms with Crippen LogP contribution in [0.2, 0.25) is 0 Å². The minimum Gasteiger partial charge on any atom is -0.386 e. The third-order valence-electron chi connectivity index (χ3n) is 1.45. The largest absolute Gasteiger partial charge is 0.386 e. The molecule has 0 spiro atoms. The summed E-state index contributed by atoms with van der Waals surface area (Å²) in [5, 5.41) is 13.6. The van der Waals surface area contributed by atoms with Crippen molar-refractivity contribution in [3.63, 3.8) is 0 Å². The molecule has 0 aliphatic heterocycles. The maximum absolute atomic E-state index is 11.7. The first kappa shape index (κ1) is 12.2. The molecule has 6 heteroatoms. The van der Waals surface area contributed by atoms with Gasteiger partial charge in [-0.05, 0) is 0 Å². The summed E-state index contributed by atoms with van der Waals surface area (Å²) in [7, 11) is 1.50. The molecule has 0 aliphatic rings. The molecule has 0 aromatic rings. The quantitative estimate of drug-likeness (QED) is 0.494. The highest BCUT2D eigenvalue weighted by atomic mass is 19.3. The standard InChI is InChI=1S/C7H14F2N2O2/c1-10-6(13)2-3-11-4-5(12)7(8)9/h5,7,11-12H,2-4H2,1H3,(H,10,13). The lowest BCUT2D eigenvalue weighted by atomic mass is 10.3. The van der Waals surface area contributed by atoms with E-state index in [-0.39, 0.29) is 25.4 Å². The SMILES string of the molecule is CNC(=O)CCNCC(O)C(F)F. The van der Waals surface area contributed by atoms with Gasteiger partial charge in [-0.2, -0.15) is 0 Å². The fourth-order valence-electron chi connectivity index (χ4n) is 0.666. The zero-order valence-electron chi connectivity index (χ0n) is 7.39. The molecule has 0 aromatic carbocycles. The molecule has 0 saturated carbocycles. The Morgan fingerprint density at radius 2 is 2.15 bits per heavy atom. The van der Waals surface area contributed by atoms with Crippen LogP contribution in [0.15, 0.2) is 0 Å². The summed E-state index contributed by atoms with van der Waals surface area (Å²) in [6.45, 7) is 0.0815. The smallest absolute Gasteiger partial charge is 0.265 e. The minimum atomic E-state index is -2.74. The first-order chi connectivity index (χ1) is 6.07. The summed E-state index contributed by atoms with van der Waals surface area (Å²) >= 11 is 0. The van der Waals surface area contributed by atoms with E-state index in [9.17, 15) is 13.6 Å². The van der Waals surface area contributed by atoms with Crippen molar-refractivity contribution in [1.29, 1.82) is 0 Å². The molecular formula is C7H14F2N2O2. The normalized spacial score (nSPS) is 13.0. The van der Waals surface area contributed by atoms with Crippen LogP contribution in [0.5, 0.6) is 0 Å². The van der Waals surface area contributed by atoms with Crippen LogP contribution in [0.25, 0.3) is 0 Å². The molecule has 1 amide bonds. The highest BCUT2D eigenvalue weighted by Gasteiger charge is 2.15. The average molecular weight is 196 g/mol. The van der Waals surface area contributed by atoms with Crippen molar-refractivity contribution >= 4 is 5.91 Å². The van der Waals surface area contributed by atoms with Crippen LogP contribution < -0.4 is 10.6 Å². The number of rotatable bonds is 6. The molecule has 0 rings (SSSR count). The zero-order valence-corrected chi connectivity index (χ0v) is 7.39. The lowest BCUT2D eigenvalue weighted by Gasteiger charge is -2.09. The zero-order chi connectivity index (χ0) is 10.3. The number of aliphatic hydroxyl groups is 1.